The van der Waals surface area contributed by atoms with Crippen molar-refractivity contribution in [2.24, 2.45) is 0 Å². The molecule has 0 aliphatic carbocycles. The normalized spacial score (nSPS) is 8.09. The molecule has 22 heavy (non-hydrogen) atoms. The molecule has 0 aliphatic heterocycles. The quantitative estimate of drug-likeness (QED) is 0.488. The van der Waals surface area contributed by atoms with Gasteiger partial charge in [0, 0.05) is 0 Å². The van der Waals surface area contributed by atoms with E-state index in [1.54, 1.807) is 12.2 Å². The summed E-state index contributed by atoms with van der Waals surface area (Å²) in [6, 6.07) is 20.7. The third-order valence-electron chi connectivity index (χ3n) is 2.41. The Labute approximate surface area is 138 Å². The second-order valence-corrected chi connectivity index (χ2v) is 5.04. The molecule has 0 bridgehead atoms. The number of aryl methyl sites for hydroxylation is 1. The summed E-state index contributed by atoms with van der Waals surface area (Å²) in [6.45, 7) is 17.0. The van der Waals surface area contributed by atoms with Crippen molar-refractivity contribution in [1.82, 2.24) is 0 Å². The van der Waals surface area contributed by atoms with Crippen LogP contribution in [0.5, 0.6) is 0 Å². The van der Waals surface area contributed by atoms with Crippen molar-refractivity contribution in [1.29, 1.82) is 0 Å². The first-order valence-electron chi connectivity index (χ1n) is 7.74. The van der Waals surface area contributed by atoms with Gasteiger partial charge in [-0.1, -0.05) is 92.2 Å². The van der Waals surface area contributed by atoms with Crippen molar-refractivity contribution in [2.45, 2.75) is 40.5 Å². The Morgan fingerprint density at radius 2 is 1.00 bits per heavy atom. The predicted octanol–water partition coefficient (Wildman–Crippen LogP) is 7.19. The first-order chi connectivity index (χ1) is 10.5. The Morgan fingerprint density at radius 1 is 0.727 bits per heavy atom. The minimum Gasteiger partial charge on any atom is -0.103 e. The lowest BCUT2D eigenvalue weighted by molar-refractivity contribution is 0.866. The molecule has 0 spiro atoms. The molecule has 0 saturated carbocycles. The van der Waals surface area contributed by atoms with E-state index in [-0.39, 0.29) is 0 Å². The molecule has 0 aliphatic rings. The van der Waals surface area contributed by atoms with E-state index in [1.807, 2.05) is 50.2 Å². The summed E-state index contributed by atoms with van der Waals surface area (Å²) in [6.07, 6.45) is 3.50. The number of allylic oxidation sites excluding steroid dienone is 2. The van der Waals surface area contributed by atoms with Crippen LogP contribution in [0.2, 0.25) is 0 Å². The fraction of sp³-hybridized carbons (Fsp3) is 0.273. The van der Waals surface area contributed by atoms with Crippen molar-refractivity contribution in [3.63, 3.8) is 0 Å². The average molecular weight is 296 g/mol. The van der Waals surface area contributed by atoms with Crippen LogP contribution in [0.1, 0.15) is 44.7 Å². The van der Waals surface area contributed by atoms with Crippen LogP contribution in [0.4, 0.5) is 0 Å². The van der Waals surface area contributed by atoms with Gasteiger partial charge in [-0.25, -0.2) is 0 Å². The van der Waals surface area contributed by atoms with E-state index in [4.69, 9.17) is 0 Å². The summed E-state index contributed by atoms with van der Waals surface area (Å²) in [5.41, 5.74) is 2.76. The maximum atomic E-state index is 3.36. The van der Waals surface area contributed by atoms with E-state index >= 15 is 0 Å². The van der Waals surface area contributed by atoms with E-state index in [0.717, 1.165) is 0 Å². The Balaban J connectivity index is 0. The molecule has 0 nitrogen and oxygen atoms in total. The van der Waals surface area contributed by atoms with Crippen LogP contribution in [-0.2, 0) is 0 Å². The first-order valence-corrected chi connectivity index (χ1v) is 7.74. The molecular formula is C22H32. The van der Waals surface area contributed by atoms with Crippen molar-refractivity contribution in [3.8, 4) is 0 Å². The Hall–Kier alpha value is -2.08. The summed E-state index contributed by atoms with van der Waals surface area (Å²) in [5.74, 6) is 0.653. The highest BCUT2D eigenvalue weighted by molar-refractivity contribution is 5.23. The number of benzene rings is 2. The van der Waals surface area contributed by atoms with Gasteiger partial charge in [0.1, 0.15) is 0 Å². The topological polar surface area (TPSA) is 0 Å². The van der Waals surface area contributed by atoms with Gasteiger partial charge in [-0.3, -0.25) is 0 Å². The molecule has 120 valence electrons. The van der Waals surface area contributed by atoms with Gasteiger partial charge in [0.25, 0.3) is 0 Å². The predicted molar refractivity (Wildman–Crippen MR) is 103 cm³/mol. The second-order valence-electron chi connectivity index (χ2n) is 5.04. The zero-order valence-corrected chi connectivity index (χ0v) is 14.9. The maximum Gasteiger partial charge on any atom is -0.0219 e. The minimum absolute atomic E-state index is 0.653. The fourth-order valence-electron chi connectivity index (χ4n) is 1.34. The average Bonchev–Trinajstić information content (AvgIpc) is 2.52. The molecule has 0 amide bonds. The van der Waals surface area contributed by atoms with Gasteiger partial charge in [0.2, 0.25) is 0 Å². The summed E-state index contributed by atoms with van der Waals surface area (Å²) in [5, 5.41) is 0. The van der Waals surface area contributed by atoms with Crippen LogP contribution in [0, 0.1) is 6.92 Å². The zero-order valence-electron chi connectivity index (χ0n) is 14.9. The summed E-state index contributed by atoms with van der Waals surface area (Å²) in [7, 11) is 0. The molecule has 0 aromatic heterocycles. The largest absolute Gasteiger partial charge is 0.103 e. The standard InChI is InChI=1S/C10H14.C6H6.2C3H6/c1-8(2)10-6-4-9(3)5-7-10;1-2-4-6-5-3-1;2*1-3-2/h4-8H,1-3H3;1-6H;2*3H,1H2,2H3. The van der Waals surface area contributed by atoms with Crippen molar-refractivity contribution >= 4 is 0 Å². The molecule has 0 heteroatoms. The number of hydrogen-bond acceptors (Lipinski definition) is 0. The van der Waals surface area contributed by atoms with Crippen LogP contribution in [0.3, 0.4) is 0 Å². The second kappa shape index (κ2) is 17.0. The molecular weight excluding hydrogens is 264 g/mol. The summed E-state index contributed by atoms with van der Waals surface area (Å²) < 4.78 is 0. The lowest BCUT2D eigenvalue weighted by Gasteiger charge is -2.03. The van der Waals surface area contributed by atoms with Crippen LogP contribution in [0.25, 0.3) is 0 Å². The molecule has 2 rings (SSSR count). The third-order valence-corrected chi connectivity index (χ3v) is 2.41. The first kappa shape index (κ1) is 22.2. The van der Waals surface area contributed by atoms with E-state index in [2.05, 4.69) is 58.2 Å². The van der Waals surface area contributed by atoms with Gasteiger partial charge in [-0.15, -0.1) is 13.2 Å². The molecule has 0 radical (unpaired) electrons. The van der Waals surface area contributed by atoms with Gasteiger partial charge in [-0.2, -0.15) is 0 Å². The molecule has 2 aromatic rings. The van der Waals surface area contributed by atoms with E-state index in [9.17, 15) is 0 Å². The van der Waals surface area contributed by atoms with Gasteiger partial charge in [0.05, 0.1) is 0 Å². The zero-order chi connectivity index (χ0) is 17.2. The smallest absolute Gasteiger partial charge is 0.0219 e. The van der Waals surface area contributed by atoms with Crippen LogP contribution < -0.4 is 0 Å². The highest BCUT2D eigenvalue weighted by Crippen LogP contribution is 2.13. The SMILES string of the molecule is C=CC.C=CC.Cc1ccc(C(C)C)cc1.c1ccccc1. The molecule has 0 unspecified atom stereocenters. The Morgan fingerprint density at radius 3 is 1.23 bits per heavy atom. The highest BCUT2D eigenvalue weighted by Gasteiger charge is 1.95. The van der Waals surface area contributed by atoms with E-state index in [0.29, 0.717) is 5.92 Å². The van der Waals surface area contributed by atoms with Crippen LogP contribution >= 0.6 is 0 Å². The van der Waals surface area contributed by atoms with Crippen LogP contribution in [0.15, 0.2) is 86.0 Å². The van der Waals surface area contributed by atoms with E-state index in [1.165, 1.54) is 11.1 Å². The molecule has 2 aromatic carbocycles. The maximum absolute atomic E-state index is 3.36. The van der Waals surface area contributed by atoms with Crippen molar-refractivity contribution < 1.29 is 0 Å². The Bertz CT molecular complexity index is 416. The molecule has 0 atom stereocenters. The van der Waals surface area contributed by atoms with Gasteiger partial charge < -0.3 is 0 Å². The number of rotatable bonds is 1. The Kier molecular flexibility index (Phi) is 17.1. The minimum atomic E-state index is 0.653. The fourth-order valence-corrected chi connectivity index (χ4v) is 1.34. The molecule has 0 N–H and O–H groups in total. The van der Waals surface area contributed by atoms with Gasteiger partial charge >= 0.3 is 0 Å². The molecule has 0 fully saturated rings. The molecule has 0 heterocycles. The lowest BCUT2D eigenvalue weighted by atomic mass is 10.0. The van der Waals surface area contributed by atoms with Gasteiger partial charge in [0.15, 0.2) is 0 Å². The highest BCUT2D eigenvalue weighted by atomic mass is 14.0. The number of hydrogen-bond donors (Lipinski definition) is 0. The molecule has 0 saturated heterocycles. The van der Waals surface area contributed by atoms with Gasteiger partial charge in [-0.05, 0) is 32.3 Å². The van der Waals surface area contributed by atoms with Crippen molar-refractivity contribution in [2.75, 3.05) is 0 Å². The van der Waals surface area contributed by atoms with Crippen LogP contribution in [-0.4, -0.2) is 0 Å². The monoisotopic (exact) mass is 296 g/mol. The van der Waals surface area contributed by atoms with Crippen molar-refractivity contribution in [3.05, 3.63) is 97.1 Å². The summed E-state index contributed by atoms with van der Waals surface area (Å²) >= 11 is 0. The lowest BCUT2D eigenvalue weighted by Crippen LogP contribution is -1.85. The summed E-state index contributed by atoms with van der Waals surface area (Å²) in [4.78, 5) is 0. The van der Waals surface area contributed by atoms with E-state index < -0.39 is 0 Å². The third kappa shape index (κ3) is 16.0.